The van der Waals surface area contributed by atoms with Crippen LogP contribution in [0.5, 0.6) is 0 Å². The fourth-order valence-electron chi connectivity index (χ4n) is 3.75. The summed E-state index contributed by atoms with van der Waals surface area (Å²) >= 11 is 0. The second-order valence-electron chi connectivity index (χ2n) is 7.03. The Morgan fingerprint density at radius 2 is 2.00 bits per heavy atom. The number of aliphatic hydroxyl groups is 1. The summed E-state index contributed by atoms with van der Waals surface area (Å²) in [5, 5.41) is 16.2. The highest BCUT2D eigenvalue weighted by Gasteiger charge is 2.37. The zero-order chi connectivity index (χ0) is 17.3. The van der Waals surface area contributed by atoms with E-state index in [2.05, 4.69) is 17.1 Å². The normalized spacial score (nSPS) is 25.3. The monoisotopic (exact) mass is 334 g/mol. The van der Waals surface area contributed by atoms with Crippen molar-refractivity contribution < 1.29 is 14.7 Å². The van der Waals surface area contributed by atoms with Crippen LogP contribution in [0.4, 0.5) is 0 Å². The Kier molecular flexibility index (Phi) is 4.89. The number of aromatic amines is 1. The average Bonchev–Trinajstić information content (AvgIpc) is 3.08. The molecular weight excluding hydrogens is 308 g/mol. The first-order valence-electron chi connectivity index (χ1n) is 8.73. The molecule has 0 bridgehead atoms. The van der Waals surface area contributed by atoms with E-state index in [1.54, 1.807) is 18.0 Å². The minimum Gasteiger partial charge on any atom is -0.396 e. The van der Waals surface area contributed by atoms with E-state index in [4.69, 9.17) is 5.11 Å². The molecule has 2 N–H and O–H groups in total. The number of piperazine rings is 1. The Hall–Kier alpha value is -1.89. The molecule has 24 heavy (non-hydrogen) atoms. The topological polar surface area (TPSA) is 89.5 Å². The smallest absolute Gasteiger partial charge is 0.230 e. The molecule has 3 atom stereocenters. The highest BCUT2D eigenvalue weighted by atomic mass is 16.3. The van der Waals surface area contributed by atoms with E-state index in [9.17, 15) is 9.59 Å². The van der Waals surface area contributed by atoms with E-state index in [0.29, 0.717) is 32.1 Å². The minimum atomic E-state index is -0.376. The number of carbonyl (C=O) groups excluding carboxylic acids is 2. The molecule has 1 aliphatic heterocycles. The molecule has 1 fully saturated rings. The van der Waals surface area contributed by atoms with Gasteiger partial charge in [-0.25, -0.2) is 0 Å². The van der Waals surface area contributed by atoms with Crippen molar-refractivity contribution in [3.05, 3.63) is 17.5 Å². The van der Waals surface area contributed by atoms with Gasteiger partial charge in [-0.2, -0.15) is 5.10 Å². The molecule has 1 aromatic rings. The number of hydrogen-bond donors (Lipinski definition) is 2. The number of aliphatic hydroxyl groups excluding tert-OH is 1. The van der Waals surface area contributed by atoms with Crippen LogP contribution in [0, 0.1) is 11.8 Å². The highest BCUT2D eigenvalue weighted by molar-refractivity contribution is 5.85. The third-order valence-corrected chi connectivity index (χ3v) is 5.37. The van der Waals surface area contributed by atoms with Gasteiger partial charge in [0.15, 0.2) is 0 Å². The van der Waals surface area contributed by atoms with Gasteiger partial charge in [0.1, 0.15) is 0 Å². The molecule has 0 saturated carbocycles. The summed E-state index contributed by atoms with van der Waals surface area (Å²) < 4.78 is 0. The Morgan fingerprint density at radius 3 is 2.67 bits per heavy atom. The Balaban J connectivity index is 1.65. The van der Waals surface area contributed by atoms with Crippen molar-refractivity contribution in [2.45, 2.75) is 32.6 Å². The van der Waals surface area contributed by atoms with E-state index >= 15 is 0 Å². The largest absolute Gasteiger partial charge is 0.396 e. The number of aromatic nitrogens is 2. The fourth-order valence-corrected chi connectivity index (χ4v) is 3.75. The molecule has 7 nitrogen and oxygen atoms in total. The molecule has 2 heterocycles. The number of H-pyrrole nitrogens is 1. The van der Waals surface area contributed by atoms with Crippen LogP contribution >= 0.6 is 0 Å². The first-order chi connectivity index (χ1) is 11.5. The maximum atomic E-state index is 13.0. The Bertz CT molecular complexity index is 607. The molecule has 2 aliphatic rings. The third-order valence-electron chi connectivity index (χ3n) is 5.37. The van der Waals surface area contributed by atoms with Gasteiger partial charge in [-0.15, -0.1) is 0 Å². The lowest BCUT2D eigenvalue weighted by Crippen LogP contribution is -2.53. The maximum Gasteiger partial charge on any atom is 0.230 e. The summed E-state index contributed by atoms with van der Waals surface area (Å²) in [5.74, 6) is -0.0955. The van der Waals surface area contributed by atoms with Crippen molar-refractivity contribution in [3.63, 3.8) is 0 Å². The molecule has 1 saturated heterocycles. The second kappa shape index (κ2) is 6.93. The lowest BCUT2D eigenvalue weighted by atomic mass is 9.78. The first kappa shape index (κ1) is 17.0. The van der Waals surface area contributed by atoms with Crippen LogP contribution in [0.1, 0.15) is 37.4 Å². The average molecular weight is 334 g/mol. The van der Waals surface area contributed by atoms with Crippen molar-refractivity contribution in [1.29, 1.82) is 0 Å². The summed E-state index contributed by atoms with van der Waals surface area (Å²) in [5.41, 5.74) is 2.11. The van der Waals surface area contributed by atoms with Gasteiger partial charge in [0.05, 0.1) is 24.6 Å². The minimum absolute atomic E-state index is 0.0345. The molecule has 0 radical (unpaired) electrons. The van der Waals surface area contributed by atoms with Gasteiger partial charge >= 0.3 is 0 Å². The van der Waals surface area contributed by atoms with Gasteiger partial charge in [-0.05, 0) is 18.8 Å². The fraction of sp³-hybridized carbons (Fsp3) is 0.706. The van der Waals surface area contributed by atoms with Gasteiger partial charge in [0.2, 0.25) is 11.8 Å². The van der Waals surface area contributed by atoms with Crippen LogP contribution < -0.4 is 0 Å². The first-order valence-corrected chi connectivity index (χ1v) is 8.73. The SMILES string of the molecule is CC(CO)C(=O)N1CCN(C(=O)C2c3cn[nH]c3CCC2C)CC1. The van der Waals surface area contributed by atoms with E-state index < -0.39 is 0 Å². The van der Waals surface area contributed by atoms with E-state index in [1.165, 1.54) is 0 Å². The van der Waals surface area contributed by atoms with Crippen molar-refractivity contribution in [2.75, 3.05) is 32.8 Å². The van der Waals surface area contributed by atoms with Crippen LogP contribution in [-0.2, 0) is 16.0 Å². The van der Waals surface area contributed by atoms with E-state index in [1.807, 2.05) is 4.90 Å². The molecule has 0 spiro atoms. The number of fused-ring (bicyclic) bond motifs is 1. The Labute approximate surface area is 142 Å². The standard InChI is InChI=1S/C17H26N4O3/c1-11-3-4-14-13(9-18-19-14)15(11)17(24)21-7-5-20(6-8-21)16(23)12(2)10-22/h9,11-12,15,22H,3-8,10H2,1-2H3,(H,18,19). The number of nitrogens with one attached hydrogen (secondary N) is 1. The highest BCUT2D eigenvalue weighted by Crippen LogP contribution is 2.36. The molecule has 132 valence electrons. The predicted octanol–water partition coefficient (Wildman–Crippen LogP) is 0.375. The molecule has 3 rings (SSSR count). The summed E-state index contributed by atoms with van der Waals surface area (Å²) in [6, 6.07) is 0. The number of aryl methyl sites for hydroxylation is 1. The summed E-state index contributed by atoms with van der Waals surface area (Å²) in [6.45, 7) is 5.90. The van der Waals surface area contributed by atoms with E-state index in [0.717, 1.165) is 24.1 Å². The van der Waals surface area contributed by atoms with Gasteiger partial charge in [-0.3, -0.25) is 14.7 Å². The number of rotatable bonds is 3. The molecule has 1 aliphatic carbocycles. The third kappa shape index (κ3) is 3.05. The van der Waals surface area contributed by atoms with Crippen molar-refractivity contribution >= 4 is 11.8 Å². The van der Waals surface area contributed by atoms with Crippen LogP contribution in [0.25, 0.3) is 0 Å². The Morgan fingerprint density at radius 1 is 1.33 bits per heavy atom. The summed E-state index contributed by atoms with van der Waals surface area (Å²) in [4.78, 5) is 28.8. The van der Waals surface area contributed by atoms with Crippen LogP contribution in [0.15, 0.2) is 6.20 Å². The number of carbonyl (C=O) groups is 2. The van der Waals surface area contributed by atoms with Gasteiger partial charge < -0.3 is 14.9 Å². The second-order valence-corrected chi connectivity index (χ2v) is 7.03. The predicted molar refractivity (Wildman–Crippen MR) is 88.2 cm³/mol. The van der Waals surface area contributed by atoms with E-state index in [-0.39, 0.29) is 30.3 Å². The van der Waals surface area contributed by atoms with Crippen LogP contribution in [-0.4, -0.2) is 69.7 Å². The summed E-state index contributed by atoms with van der Waals surface area (Å²) in [7, 11) is 0. The maximum absolute atomic E-state index is 13.0. The number of hydrogen-bond acceptors (Lipinski definition) is 4. The van der Waals surface area contributed by atoms with Crippen LogP contribution in [0.2, 0.25) is 0 Å². The molecule has 7 heteroatoms. The molecule has 1 aromatic heterocycles. The van der Waals surface area contributed by atoms with Crippen LogP contribution in [0.3, 0.4) is 0 Å². The molecule has 0 aromatic carbocycles. The number of nitrogens with zero attached hydrogens (tertiary/aromatic N) is 3. The zero-order valence-electron chi connectivity index (χ0n) is 14.4. The number of amides is 2. The molecule has 2 amide bonds. The van der Waals surface area contributed by atoms with Gasteiger partial charge in [0, 0.05) is 37.4 Å². The molecule has 3 unspecified atom stereocenters. The summed E-state index contributed by atoms with van der Waals surface area (Å²) in [6.07, 6.45) is 3.72. The lowest BCUT2D eigenvalue weighted by Gasteiger charge is -2.39. The zero-order valence-corrected chi connectivity index (χ0v) is 14.4. The van der Waals surface area contributed by atoms with Gasteiger partial charge in [-0.1, -0.05) is 13.8 Å². The lowest BCUT2D eigenvalue weighted by molar-refractivity contribution is -0.143. The van der Waals surface area contributed by atoms with Crippen molar-refractivity contribution in [3.8, 4) is 0 Å². The van der Waals surface area contributed by atoms with Gasteiger partial charge in [0.25, 0.3) is 0 Å². The quantitative estimate of drug-likeness (QED) is 0.836. The van der Waals surface area contributed by atoms with Crippen molar-refractivity contribution in [2.24, 2.45) is 11.8 Å². The van der Waals surface area contributed by atoms with Crippen molar-refractivity contribution in [1.82, 2.24) is 20.0 Å². The molecular formula is C17H26N4O3.